The molecule has 3 nitrogen and oxygen atoms in total. The number of aliphatic hydroxyl groups is 1. The second-order valence-corrected chi connectivity index (χ2v) is 23.7. The van der Waals surface area contributed by atoms with E-state index in [0.29, 0.717) is 24.2 Å². The molecule has 39 heavy (non-hydrogen) atoms. The average Bonchev–Trinajstić information content (AvgIpc) is 2.86. The molecule has 1 saturated carbocycles. The molecule has 2 aliphatic carbocycles. The molecular formula is C34H52O3Si2. The Balaban J connectivity index is 1.63. The van der Waals surface area contributed by atoms with Gasteiger partial charge in [-0.2, -0.15) is 0 Å². The van der Waals surface area contributed by atoms with Crippen LogP contribution in [0.1, 0.15) is 61.3 Å². The van der Waals surface area contributed by atoms with E-state index in [1.807, 2.05) is 0 Å². The molecule has 1 N–H and O–H groups in total. The van der Waals surface area contributed by atoms with Gasteiger partial charge in [0, 0.05) is 12.7 Å². The van der Waals surface area contributed by atoms with Gasteiger partial charge >= 0.3 is 0 Å². The highest BCUT2D eigenvalue weighted by Crippen LogP contribution is 2.47. The van der Waals surface area contributed by atoms with E-state index in [1.165, 1.54) is 10.4 Å². The zero-order chi connectivity index (χ0) is 28.6. The number of aliphatic hydroxyl groups excluding tert-OH is 1. The number of benzene rings is 2. The van der Waals surface area contributed by atoms with Gasteiger partial charge in [-0.05, 0) is 70.1 Å². The topological polar surface area (TPSA) is 38.7 Å². The fourth-order valence-corrected chi connectivity index (χ4v) is 12.5. The highest BCUT2D eigenvalue weighted by Gasteiger charge is 2.53. The summed E-state index contributed by atoms with van der Waals surface area (Å²) >= 11 is 0. The zero-order valence-electron chi connectivity index (χ0n) is 25.8. The smallest absolute Gasteiger partial charge is 0.261 e. The maximum atomic E-state index is 11.8. The minimum Gasteiger partial charge on any atom is -0.417 e. The van der Waals surface area contributed by atoms with Crippen LogP contribution in [0.3, 0.4) is 0 Å². The Labute approximate surface area is 240 Å². The standard InChI is InChI=1S/C34H52O3Si2/c1-25-20-21-26-22-27(23-31(35)32(26)30(25)24-36-38(8,9)33(2,3)4)37-39(34(5,6)7,28-16-12-10-13-17-28)29-18-14-11-15-19-29/h10-21,25-27,30-32,35H,22-24H2,1-9H3/t25-,26?,27+,30-,31?,32?/m0/s1. The fraction of sp³-hybridized carbons (Fsp3) is 0.588. The van der Waals surface area contributed by atoms with E-state index < -0.39 is 22.7 Å². The first-order chi connectivity index (χ1) is 18.2. The molecular weight excluding hydrogens is 513 g/mol. The van der Waals surface area contributed by atoms with Crippen molar-refractivity contribution in [3.63, 3.8) is 0 Å². The second-order valence-electron chi connectivity index (χ2n) is 14.7. The SMILES string of the molecule is C[C@H]1C=CC2C[C@@H](O[Si](c3ccccc3)(c3ccccc3)C(C)(C)C)CC(O)C2[C@H]1CO[Si](C)(C)C(C)(C)C. The summed E-state index contributed by atoms with van der Waals surface area (Å²) in [5.41, 5.74) is 0. The van der Waals surface area contributed by atoms with Crippen molar-refractivity contribution in [2.45, 2.75) is 96.7 Å². The Morgan fingerprint density at radius 1 is 0.795 bits per heavy atom. The summed E-state index contributed by atoms with van der Waals surface area (Å²) in [5.74, 6) is 1.26. The van der Waals surface area contributed by atoms with Crippen LogP contribution < -0.4 is 10.4 Å². The summed E-state index contributed by atoms with van der Waals surface area (Å²) < 4.78 is 14.2. The van der Waals surface area contributed by atoms with Gasteiger partial charge in [-0.15, -0.1) is 0 Å². The van der Waals surface area contributed by atoms with Crippen molar-refractivity contribution < 1.29 is 14.0 Å². The fourth-order valence-electron chi connectivity index (χ4n) is 6.71. The average molecular weight is 565 g/mol. The first kappa shape index (κ1) is 30.5. The monoisotopic (exact) mass is 564 g/mol. The number of hydrogen-bond donors (Lipinski definition) is 1. The quantitative estimate of drug-likeness (QED) is 0.286. The Hall–Kier alpha value is -1.51. The maximum Gasteiger partial charge on any atom is 0.261 e. The van der Waals surface area contributed by atoms with Gasteiger partial charge in [0.15, 0.2) is 8.32 Å². The molecule has 0 spiro atoms. The molecule has 1 fully saturated rings. The van der Waals surface area contributed by atoms with Crippen LogP contribution in [0, 0.1) is 23.7 Å². The zero-order valence-corrected chi connectivity index (χ0v) is 27.8. The first-order valence-electron chi connectivity index (χ1n) is 15.0. The molecule has 214 valence electrons. The molecule has 4 rings (SSSR count). The number of allylic oxidation sites excluding steroid dienone is 2. The van der Waals surface area contributed by atoms with E-state index in [4.69, 9.17) is 8.85 Å². The third-order valence-electron chi connectivity index (χ3n) is 10.0. The first-order valence-corrected chi connectivity index (χ1v) is 19.8. The minimum atomic E-state index is -2.67. The Morgan fingerprint density at radius 3 is 1.82 bits per heavy atom. The van der Waals surface area contributed by atoms with Crippen molar-refractivity contribution in [3.8, 4) is 0 Å². The highest BCUT2D eigenvalue weighted by molar-refractivity contribution is 6.99. The van der Waals surface area contributed by atoms with E-state index >= 15 is 0 Å². The van der Waals surface area contributed by atoms with Gasteiger partial charge < -0.3 is 14.0 Å². The van der Waals surface area contributed by atoms with Gasteiger partial charge in [-0.1, -0.05) is 121 Å². The van der Waals surface area contributed by atoms with Crippen LogP contribution in [0.5, 0.6) is 0 Å². The van der Waals surface area contributed by atoms with Crippen LogP contribution in [0.4, 0.5) is 0 Å². The lowest BCUT2D eigenvalue weighted by Crippen LogP contribution is -2.68. The summed E-state index contributed by atoms with van der Waals surface area (Å²) in [7, 11) is -4.53. The van der Waals surface area contributed by atoms with Gasteiger partial charge in [0.25, 0.3) is 8.32 Å². The second kappa shape index (κ2) is 11.4. The summed E-state index contributed by atoms with van der Waals surface area (Å²) in [4.78, 5) is 0. The Bertz CT molecular complexity index is 1060. The largest absolute Gasteiger partial charge is 0.417 e. The van der Waals surface area contributed by atoms with E-state index in [2.05, 4.69) is 134 Å². The maximum absolute atomic E-state index is 11.8. The lowest BCUT2D eigenvalue weighted by molar-refractivity contribution is -0.0572. The Kier molecular flexibility index (Phi) is 8.90. The predicted octanol–water partition coefficient (Wildman–Crippen LogP) is 7.16. The number of fused-ring (bicyclic) bond motifs is 1. The van der Waals surface area contributed by atoms with Crippen LogP contribution in [0.25, 0.3) is 0 Å². The summed E-state index contributed by atoms with van der Waals surface area (Å²) in [6, 6.07) is 21.7. The number of hydrogen-bond acceptors (Lipinski definition) is 3. The normalized spacial score (nSPS) is 28.3. The number of rotatable bonds is 7. The molecule has 2 aromatic rings. The van der Waals surface area contributed by atoms with Crippen molar-refractivity contribution in [3.05, 3.63) is 72.8 Å². The molecule has 2 aromatic carbocycles. The van der Waals surface area contributed by atoms with Crippen molar-refractivity contribution in [2.24, 2.45) is 23.7 Å². The van der Waals surface area contributed by atoms with Crippen molar-refractivity contribution in [2.75, 3.05) is 6.61 Å². The van der Waals surface area contributed by atoms with Crippen molar-refractivity contribution in [1.82, 2.24) is 0 Å². The van der Waals surface area contributed by atoms with Gasteiger partial charge in [-0.3, -0.25) is 0 Å². The predicted molar refractivity (Wildman–Crippen MR) is 170 cm³/mol. The molecule has 0 radical (unpaired) electrons. The molecule has 0 heterocycles. The summed E-state index contributed by atoms with van der Waals surface area (Å²) in [6.07, 6.45) is 6.00. The lowest BCUT2D eigenvalue weighted by atomic mass is 9.63. The third-order valence-corrected chi connectivity index (χ3v) is 19.6. The summed E-state index contributed by atoms with van der Waals surface area (Å²) in [5, 5.41) is 14.5. The lowest BCUT2D eigenvalue weighted by Gasteiger charge is -2.51. The van der Waals surface area contributed by atoms with E-state index in [0.717, 1.165) is 13.0 Å². The molecule has 0 amide bonds. The van der Waals surface area contributed by atoms with Crippen LogP contribution >= 0.6 is 0 Å². The molecule has 0 aliphatic heterocycles. The van der Waals surface area contributed by atoms with Gasteiger partial charge in [0.05, 0.1) is 6.10 Å². The van der Waals surface area contributed by atoms with Gasteiger partial charge in [0.2, 0.25) is 0 Å². The van der Waals surface area contributed by atoms with Crippen LogP contribution in [-0.4, -0.2) is 40.6 Å². The van der Waals surface area contributed by atoms with E-state index in [1.54, 1.807) is 0 Å². The van der Waals surface area contributed by atoms with Crippen LogP contribution in [-0.2, 0) is 8.85 Å². The molecule has 0 bridgehead atoms. The molecule has 0 aromatic heterocycles. The molecule has 2 aliphatic rings. The summed E-state index contributed by atoms with van der Waals surface area (Å²) in [6.45, 7) is 21.6. The molecule has 6 atom stereocenters. The van der Waals surface area contributed by atoms with E-state index in [9.17, 15) is 5.11 Å². The molecule has 0 saturated heterocycles. The van der Waals surface area contributed by atoms with Crippen molar-refractivity contribution >= 4 is 27.0 Å². The van der Waals surface area contributed by atoms with Crippen LogP contribution in [0.15, 0.2) is 72.8 Å². The minimum absolute atomic E-state index is 0.00701. The van der Waals surface area contributed by atoms with E-state index in [-0.39, 0.29) is 22.1 Å². The Morgan fingerprint density at radius 2 is 1.33 bits per heavy atom. The van der Waals surface area contributed by atoms with Crippen LogP contribution in [0.2, 0.25) is 23.2 Å². The molecule has 5 heteroatoms. The van der Waals surface area contributed by atoms with Crippen molar-refractivity contribution in [1.29, 1.82) is 0 Å². The van der Waals surface area contributed by atoms with Gasteiger partial charge in [-0.25, -0.2) is 0 Å². The van der Waals surface area contributed by atoms with Gasteiger partial charge in [0.1, 0.15) is 0 Å². The third kappa shape index (κ3) is 6.08. The molecule has 3 unspecified atom stereocenters. The highest BCUT2D eigenvalue weighted by atomic mass is 28.4.